The van der Waals surface area contributed by atoms with Crippen LogP contribution < -0.4 is 0 Å². The zero-order valence-electron chi connectivity index (χ0n) is 10.4. The maximum Gasteiger partial charge on any atom is 0.255 e. The Morgan fingerprint density at radius 1 is 1.56 bits per heavy atom. The second-order valence-corrected chi connectivity index (χ2v) is 5.00. The Morgan fingerprint density at radius 3 is 2.94 bits per heavy atom. The molecular formula is C13H17ClN2O2. The SMILES string of the molecule is CN(CCOCC1CC1)C(=O)c1ccc(Cl)nc1. The van der Waals surface area contributed by atoms with Gasteiger partial charge >= 0.3 is 0 Å². The average Bonchev–Trinajstić information content (AvgIpc) is 3.18. The maximum absolute atomic E-state index is 12.0. The zero-order chi connectivity index (χ0) is 13.0. The van der Waals surface area contributed by atoms with Crippen molar-refractivity contribution in [3.63, 3.8) is 0 Å². The number of amides is 1. The highest BCUT2D eigenvalue weighted by Gasteiger charge is 2.21. The molecule has 0 aliphatic heterocycles. The Morgan fingerprint density at radius 2 is 2.33 bits per heavy atom. The lowest BCUT2D eigenvalue weighted by atomic mass is 10.2. The molecule has 18 heavy (non-hydrogen) atoms. The van der Waals surface area contributed by atoms with E-state index in [1.54, 1.807) is 24.1 Å². The fourth-order valence-electron chi connectivity index (χ4n) is 1.56. The van der Waals surface area contributed by atoms with E-state index in [1.165, 1.54) is 19.0 Å². The number of ether oxygens (including phenoxy) is 1. The molecule has 98 valence electrons. The van der Waals surface area contributed by atoms with Crippen molar-refractivity contribution >= 4 is 17.5 Å². The van der Waals surface area contributed by atoms with Gasteiger partial charge in [0.05, 0.1) is 12.2 Å². The van der Waals surface area contributed by atoms with Crippen LogP contribution in [0.3, 0.4) is 0 Å². The summed E-state index contributed by atoms with van der Waals surface area (Å²) in [6, 6.07) is 3.30. The Hall–Kier alpha value is -1.13. The van der Waals surface area contributed by atoms with Crippen molar-refractivity contribution < 1.29 is 9.53 Å². The van der Waals surface area contributed by atoms with Crippen molar-refractivity contribution in [1.82, 2.24) is 9.88 Å². The van der Waals surface area contributed by atoms with Crippen LogP contribution in [0.2, 0.25) is 5.15 Å². The summed E-state index contributed by atoms with van der Waals surface area (Å²) < 4.78 is 5.50. The van der Waals surface area contributed by atoms with Gasteiger partial charge in [-0.3, -0.25) is 4.79 Å². The van der Waals surface area contributed by atoms with Crippen molar-refractivity contribution in [1.29, 1.82) is 0 Å². The molecule has 0 aromatic carbocycles. The minimum Gasteiger partial charge on any atom is -0.379 e. The number of hydrogen-bond acceptors (Lipinski definition) is 3. The van der Waals surface area contributed by atoms with E-state index in [1.807, 2.05) is 0 Å². The molecule has 0 N–H and O–H groups in total. The third-order valence-electron chi connectivity index (χ3n) is 2.94. The quantitative estimate of drug-likeness (QED) is 0.587. The van der Waals surface area contributed by atoms with Gasteiger partial charge in [-0.2, -0.15) is 0 Å². The van der Waals surface area contributed by atoms with Crippen LogP contribution in [-0.2, 0) is 4.74 Å². The number of hydrogen-bond donors (Lipinski definition) is 0. The topological polar surface area (TPSA) is 42.4 Å². The Labute approximate surface area is 112 Å². The van der Waals surface area contributed by atoms with E-state index in [2.05, 4.69) is 4.98 Å². The van der Waals surface area contributed by atoms with Crippen molar-refractivity contribution in [3.05, 3.63) is 29.0 Å². The van der Waals surface area contributed by atoms with Gasteiger partial charge in [-0.1, -0.05) is 11.6 Å². The first kappa shape index (κ1) is 13.3. The number of pyridine rings is 1. The van der Waals surface area contributed by atoms with Crippen LogP contribution in [0.1, 0.15) is 23.2 Å². The van der Waals surface area contributed by atoms with Gasteiger partial charge in [0.2, 0.25) is 0 Å². The number of rotatable bonds is 6. The number of halogens is 1. The first-order valence-electron chi connectivity index (χ1n) is 6.11. The van der Waals surface area contributed by atoms with Gasteiger partial charge in [-0.15, -0.1) is 0 Å². The third-order valence-corrected chi connectivity index (χ3v) is 3.17. The summed E-state index contributed by atoms with van der Waals surface area (Å²) >= 11 is 5.68. The summed E-state index contributed by atoms with van der Waals surface area (Å²) in [6.45, 7) is 2.00. The summed E-state index contributed by atoms with van der Waals surface area (Å²) in [5.41, 5.74) is 0.545. The normalized spacial score (nSPS) is 14.6. The van der Waals surface area contributed by atoms with Crippen molar-refractivity contribution in [2.45, 2.75) is 12.8 Å². The molecule has 4 nitrogen and oxygen atoms in total. The molecule has 0 saturated heterocycles. The molecule has 0 unspecified atom stereocenters. The van der Waals surface area contributed by atoms with Crippen molar-refractivity contribution in [2.24, 2.45) is 5.92 Å². The molecule has 1 aliphatic carbocycles. The van der Waals surface area contributed by atoms with Crippen LogP contribution in [0.4, 0.5) is 0 Å². The van der Waals surface area contributed by atoms with Gasteiger partial charge in [0, 0.05) is 26.4 Å². The Balaban J connectivity index is 1.74. The molecule has 1 heterocycles. The van der Waals surface area contributed by atoms with E-state index in [9.17, 15) is 4.79 Å². The van der Waals surface area contributed by atoms with Gasteiger partial charge in [0.25, 0.3) is 5.91 Å². The van der Waals surface area contributed by atoms with E-state index in [0.29, 0.717) is 23.9 Å². The molecule has 0 radical (unpaired) electrons. The van der Waals surface area contributed by atoms with Gasteiger partial charge in [0.1, 0.15) is 5.15 Å². The monoisotopic (exact) mass is 268 g/mol. The number of carbonyl (C=O) groups is 1. The van der Waals surface area contributed by atoms with Crippen LogP contribution in [0.5, 0.6) is 0 Å². The van der Waals surface area contributed by atoms with Crippen molar-refractivity contribution in [2.75, 3.05) is 26.8 Å². The second kappa shape index (κ2) is 6.16. The predicted molar refractivity (Wildman–Crippen MR) is 69.8 cm³/mol. The summed E-state index contributed by atoms with van der Waals surface area (Å²) in [5, 5.41) is 0.391. The van der Waals surface area contributed by atoms with Gasteiger partial charge in [-0.25, -0.2) is 4.98 Å². The van der Waals surface area contributed by atoms with Crippen molar-refractivity contribution in [3.8, 4) is 0 Å². The van der Waals surface area contributed by atoms with E-state index >= 15 is 0 Å². The summed E-state index contributed by atoms with van der Waals surface area (Å²) in [6.07, 6.45) is 4.06. The number of likely N-dealkylation sites (N-methyl/N-ethyl adjacent to an activating group) is 1. The van der Waals surface area contributed by atoms with Crippen LogP contribution in [0.25, 0.3) is 0 Å². The smallest absolute Gasteiger partial charge is 0.255 e. The molecule has 0 atom stereocenters. The molecule has 0 bridgehead atoms. The molecule has 2 rings (SSSR count). The molecule has 0 spiro atoms. The lowest BCUT2D eigenvalue weighted by Gasteiger charge is -2.17. The fraction of sp³-hybridized carbons (Fsp3) is 0.538. The highest BCUT2D eigenvalue weighted by Crippen LogP contribution is 2.28. The first-order chi connectivity index (χ1) is 8.66. The fourth-order valence-corrected chi connectivity index (χ4v) is 1.67. The van der Waals surface area contributed by atoms with E-state index in [4.69, 9.17) is 16.3 Å². The van der Waals surface area contributed by atoms with E-state index in [-0.39, 0.29) is 5.91 Å². The lowest BCUT2D eigenvalue weighted by molar-refractivity contribution is 0.0681. The predicted octanol–water partition coefficient (Wildman–Crippen LogP) is 2.23. The molecule has 1 aliphatic rings. The van der Waals surface area contributed by atoms with Gasteiger partial charge in [-0.05, 0) is 30.9 Å². The molecular weight excluding hydrogens is 252 g/mol. The molecule has 1 saturated carbocycles. The van der Waals surface area contributed by atoms with E-state index < -0.39 is 0 Å². The van der Waals surface area contributed by atoms with Crippen LogP contribution in [0, 0.1) is 5.92 Å². The highest BCUT2D eigenvalue weighted by molar-refractivity contribution is 6.29. The Bertz CT molecular complexity index is 404. The number of carbonyl (C=O) groups excluding carboxylic acids is 1. The van der Waals surface area contributed by atoms with Crippen LogP contribution in [-0.4, -0.2) is 42.6 Å². The summed E-state index contributed by atoms with van der Waals surface area (Å²) in [4.78, 5) is 17.5. The standard InChI is InChI=1S/C13H17ClN2O2/c1-16(6-7-18-9-10-2-3-10)13(17)11-4-5-12(14)15-8-11/h4-5,8,10H,2-3,6-7,9H2,1H3. The molecule has 1 fully saturated rings. The summed E-state index contributed by atoms with van der Waals surface area (Å²) in [7, 11) is 1.76. The second-order valence-electron chi connectivity index (χ2n) is 4.61. The minimum absolute atomic E-state index is 0.0609. The minimum atomic E-state index is -0.0609. The average molecular weight is 269 g/mol. The number of nitrogens with zero attached hydrogens (tertiary/aromatic N) is 2. The largest absolute Gasteiger partial charge is 0.379 e. The van der Waals surface area contributed by atoms with Crippen LogP contribution >= 0.6 is 11.6 Å². The highest BCUT2D eigenvalue weighted by atomic mass is 35.5. The van der Waals surface area contributed by atoms with Crippen LogP contribution in [0.15, 0.2) is 18.3 Å². The maximum atomic E-state index is 12.0. The first-order valence-corrected chi connectivity index (χ1v) is 6.49. The molecule has 5 heteroatoms. The van der Waals surface area contributed by atoms with Gasteiger partial charge < -0.3 is 9.64 Å². The summed E-state index contributed by atoms with van der Waals surface area (Å²) in [5.74, 6) is 0.695. The third kappa shape index (κ3) is 3.96. The molecule has 1 aromatic rings. The number of aromatic nitrogens is 1. The van der Waals surface area contributed by atoms with E-state index in [0.717, 1.165) is 12.5 Å². The van der Waals surface area contributed by atoms with Gasteiger partial charge in [0.15, 0.2) is 0 Å². The molecule has 1 aromatic heterocycles. The molecule has 1 amide bonds. The Kier molecular flexibility index (Phi) is 4.55. The lowest BCUT2D eigenvalue weighted by Crippen LogP contribution is -2.30. The zero-order valence-corrected chi connectivity index (χ0v) is 11.2.